The van der Waals surface area contributed by atoms with Gasteiger partial charge in [0.2, 0.25) is 0 Å². The van der Waals surface area contributed by atoms with Crippen molar-refractivity contribution in [1.82, 2.24) is 10.2 Å². The number of nitrogens with one attached hydrogen (secondary N) is 1. The Bertz CT molecular complexity index is 291. The first-order valence-electron chi connectivity index (χ1n) is 5.73. The van der Waals surface area contributed by atoms with Crippen LogP contribution in [0.2, 0.25) is 0 Å². The van der Waals surface area contributed by atoms with Crippen LogP contribution < -0.4 is 5.32 Å². The molecule has 0 radical (unpaired) electrons. The van der Waals surface area contributed by atoms with E-state index in [1.165, 1.54) is 7.11 Å². The summed E-state index contributed by atoms with van der Waals surface area (Å²) >= 11 is 0. The summed E-state index contributed by atoms with van der Waals surface area (Å²) in [5.74, 6) is -0.492. The number of carboxylic acid groups (broad SMARTS) is 1. The van der Waals surface area contributed by atoms with Crippen molar-refractivity contribution in [2.75, 3.05) is 20.7 Å². The van der Waals surface area contributed by atoms with Gasteiger partial charge in [-0.3, -0.25) is 0 Å². The lowest BCUT2D eigenvalue weighted by molar-refractivity contribution is -0.148. The highest BCUT2D eigenvalue weighted by Gasteiger charge is 2.32. The van der Waals surface area contributed by atoms with Gasteiger partial charge in [-0.25, -0.2) is 9.59 Å². The Morgan fingerprint density at radius 3 is 2.53 bits per heavy atom. The predicted octanol–water partition coefficient (Wildman–Crippen LogP) is 0.526. The normalized spacial score (nSPS) is 18.3. The second kappa shape index (κ2) is 5.86. The van der Waals surface area contributed by atoms with Gasteiger partial charge < -0.3 is 20.1 Å². The number of hydrogen-bond acceptors (Lipinski definition) is 3. The molecule has 6 heteroatoms. The zero-order valence-corrected chi connectivity index (χ0v) is 10.5. The Balaban J connectivity index is 2.34. The molecule has 0 aromatic heterocycles. The molecule has 0 saturated heterocycles. The molecule has 0 bridgehead atoms. The molecule has 0 aromatic rings. The Kier molecular flexibility index (Phi) is 4.74. The number of rotatable bonds is 6. The quantitative estimate of drug-likeness (QED) is 0.714. The van der Waals surface area contributed by atoms with Crippen molar-refractivity contribution >= 4 is 12.0 Å². The Morgan fingerprint density at radius 2 is 2.12 bits per heavy atom. The molecule has 2 atom stereocenters. The zero-order chi connectivity index (χ0) is 13.0. The molecule has 1 aliphatic rings. The highest BCUT2D eigenvalue weighted by molar-refractivity contribution is 5.77. The number of ether oxygens (including phenoxy) is 1. The van der Waals surface area contributed by atoms with Gasteiger partial charge in [0, 0.05) is 20.2 Å². The highest BCUT2D eigenvalue weighted by atomic mass is 16.5. The van der Waals surface area contributed by atoms with E-state index in [1.807, 2.05) is 6.92 Å². The van der Waals surface area contributed by atoms with Crippen molar-refractivity contribution in [2.24, 2.45) is 5.92 Å². The zero-order valence-electron chi connectivity index (χ0n) is 10.5. The van der Waals surface area contributed by atoms with Crippen LogP contribution in [0, 0.1) is 5.92 Å². The molecule has 0 spiro atoms. The number of hydrogen-bond donors (Lipinski definition) is 2. The molecule has 6 nitrogen and oxygen atoms in total. The van der Waals surface area contributed by atoms with Crippen LogP contribution in [-0.4, -0.2) is 54.9 Å². The lowest BCUT2D eigenvalue weighted by atomic mass is 10.2. The summed E-state index contributed by atoms with van der Waals surface area (Å²) in [4.78, 5) is 24.0. The Morgan fingerprint density at radius 1 is 1.53 bits per heavy atom. The van der Waals surface area contributed by atoms with Crippen LogP contribution in [0.4, 0.5) is 4.79 Å². The fourth-order valence-electron chi connectivity index (χ4n) is 1.66. The minimum absolute atomic E-state index is 0.0214. The van der Waals surface area contributed by atoms with Crippen LogP contribution in [0.25, 0.3) is 0 Å². The van der Waals surface area contributed by atoms with E-state index in [0.717, 1.165) is 12.8 Å². The maximum atomic E-state index is 11.7. The first-order chi connectivity index (χ1) is 7.97. The predicted molar refractivity (Wildman–Crippen MR) is 61.8 cm³/mol. The molecule has 98 valence electrons. The molecule has 0 aliphatic heterocycles. The van der Waals surface area contributed by atoms with Crippen molar-refractivity contribution < 1.29 is 19.4 Å². The van der Waals surface area contributed by atoms with E-state index in [0.29, 0.717) is 5.92 Å². The molecule has 0 heterocycles. The summed E-state index contributed by atoms with van der Waals surface area (Å²) in [6.07, 6.45) is 1.33. The molecule has 2 unspecified atom stereocenters. The van der Waals surface area contributed by atoms with E-state index >= 15 is 0 Å². The summed E-state index contributed by atoms with van der Waals surface area (Å²) < 4.78 is 4.73. The van der Waals surface area contributed by atoms with E-state index in [4.69, 9.17) is 9.84 Å². The van der Waals surface area contributed by atoms with Crippen LogP contribution in [-0.2, 0) is 9.53 Å². The maximum Gasteiger partial charge on any atom is 0.334 e. The van der Waals surface area contributed by atoms with Crippen LogP contribution in [0.5, 0.6) is 0 Å². The average Bonchev–Trinajstić information content (AvgIpc) is 3.11. The molecule has 17 heavy (non-hydrogen) atoms. The van der Waals surface area contributed by atoms with E-state index in [-0.39, 0.29) is 18.6 Å². The summed E-state index contributed by atoms with van der Waals surface area (Å²) in [6, 6.07) is -0.0616. The molecule has 2 amide bonds. The van der Waals surface area contributed by atoms with Crippen LogP contribution in [0.3, 0.4) is 0 Å². The average molecular weight is 244 g/mol. The van der Waals surface area contributed by atoms with Crippen molar-refractivity contribution in [3.05, 3.63) is 0 Å². The molecule has 2 N–H and O–H groups in total. The van der Waals surface area contributed by atoms with Crippen LogP contribution >= 0.6 is 0 Å². The topological polar surface area (TPSA) is 78.9 Å². The minimum Gasteiger partial charge on any atom is -0.479 e. The first-order valence-corrected chi connectivity index (χ1v) is 5.73. The number of amides is 2. The lowest BCUT2D eigenvalue weighted by Gasteiger charge is -2.25. The van der Waals surface area contributed by atoms with Crippen LogP contribution in [0.15, 0.2) is 0 Å². The van der Waals surface area contributed by atoms with E-state index in [9.17, 15) is 9.59 Å². The Labute approximate surface area is 101 Å². The number of methoxy groups -OCH3 is 1. The molecule has 1 fully saturated rings. The van der Waals surface area contributed by atoms with Gasteiger partial charge in [-0.2, -0.15) is 0 Å². The third-order valence-corrected chi connectivity index (χ3v) is 3.23. The highest BCUT2D eigenvalue weighted by Crippen LogP contribution is 2.34. The summed E-state index contributed by atoms with van der Waals surface area (Å²) in [5.41, 5.74) is 0. The van der Waals surface area contributed by atoms with Gasteiger partial charge in [0.05, 0.1) is 6.54 Å². The minimum atomic E-state index is -1.08. The second-order valence-corrected chi connectivity index (χ2v) is 4.44. The maximum absolute atomic E-state index is 11.7. The van der Waals surface area contributed by atoms with Gasteiger partial charge in [-0.1, -0.05) is 0 Å². The van der Waals surface area contributed by atoms with Crippen molar-refractivity contribution in [3.63, 3.8) is 0 Å². The van der Waals surface area contributed by atoms with E-state index < -0.39 is 12.1 Å². The monoisotopic (exact) mass is 244 g/mol. The SMILES string of the molecule is COC(CNC(=O)N(C)C(C)C1CC1)C(=O)O. The van der Waals surface area contributed by atoms with Crippen molar-refractivity contribution in [1.29, 1.82) is 0 Å². The molecule has 1 rings (SSSR count). The largest absolute Gasteiger partial charge is 0.479 e. The van der Waals surface area contributed by atoms with E-state index in [2.05, 4.69) is 5.32 Å². The third kappa shape index (κ3) is 3.89. The third-order valence-electron chi connectivity index (χ3n) is 3.23. The summed E-state index contributed by atoms with van der Waals surface area (Å²) in [6.45, 7) is 1.98. The number of carbonyl (C=O) groups is 2. The summed E-state index contributed by atoms with van der Waals surface area (Å²) in [7, 11) is 3.03. The first kappa shape index (κ1) is 13.8. The van der Waals surface area contributed by atoms with E-state index in [1.54, 1.807) is 11.9 Å². The molecule has 1 saturated carbocycles. The van der Waals surface area contributed by atoms with Crippen LogP contribution in [0.1, 0.15) is 19.8 Å². The molecule has 0 aromatic carbocycles. The molecule has 1 aliphatic carbocycles. The standard InChI is InChI=1S/C11H20N2O4/c1-7(8-4-5-8)13(2)11(16)12-6-9(17-3)10(14)15/h7-9H,4-6H2,1-3H3,(H,12,16)(H,14,15). The second-order valence-electron chi connectivity index (χ2n) is 4.44. The van der Waals surface area contributed by atoms with Gasteiger partial charge in [0.15, 0.2) is 6.10 Å². The van der Waals surface area contributed by atoms with Gasteiger partial charge in [-0.05, 0) is 25.7 Å². The number of nitrogens with zero attached hydrogens (tertiary/aromatic N) is 1. The van der Waals surface area contributed by atoms with Crippen molar-refractivity contribution in [2.45, 2.75) is 31.9 Å². The molecular formula is C11H20N2O4. The number of carboxylic acids is 1. The molecular weight excluding hydrogens is 224 g/mol. The van der Waals surface area contributed by atoms with Gasteiger partial charge in [-0.15, -0.1) is 0 Å². The summed E-state index contributed by atoms with van der Waals surface area (Å²) in [5, 5.41) is 11.3. The van der Waals surface area contributed by atoms with Crippen molar-refractivity contribution in [3.8, 4) is 0 Å². The lowest BCUT2D eigenvalue weighted by Crippen LogP contribution is -2.47. The van der Waals surface area contributed by atoms with Gasteiger partial charge in [0.25, 0.3) is 0 Å². The van der Waals surface area contributed by atoms with Gasteiger partial charge >= 0.3 is 12.0 Å². The number of aliphatic carboxylic acids is 1. The van der Waals surface area contributed by atoms with Gasteiger partial charge in [0.1, 0.15) is 0 Å². The number of urea groups is 1. The smallest absolute Gasteiger partial charge is 0.334 e. The Hall–Kier alpha value is -1.30. The fraction of sp³-hybridized carbons (Fsp3) is 0.818. The number of carbonyl (C=O) groups excluding carboxylic acids is 1. The fourth-order valence-corrected chi connectivity index (χ4v) is 1.66.